The number of methoxy groups -OCH3 is 1. The summed E-state index contributed by atoms with van der Waals surface area (Å²) >= 11 is 0. The van der Waals surface area contributed by atoms with Crippen LogP contribution in [0.4, 0.5) is 0 Å². The van der Waals surface area contributed by atoms with E-state index in [1.54, 1.807) is 6.92 Å². The normalized spacial score (nSPS) is 11.5. The van der Waals surface area contributed by atoms with Crippen LogP contribution in [-0.2, 0) is 4.79 Å². The van der Waals surface area contributed by atoms with Crippen LogP contribution >= 0.6 is 0 Å². The molecule has 1 aromatic carbocycles. The highest BCUT2D eigenvalue weighted by Crippen LogP contribution is 2.29. The third kappa shape index (κ3) is 3.13. The number of likely N-dealkylation sites (N-methyl/N-ethyl adjacent to an activating group) is 1. The molecule has 0 saturated carbocycles. The first kappa shape index (κ1) is 13.8. The first-order valence-electron chi connectivity index (χ1n) is 5.29. The van der Waals surface area contributed by atoms with Crippen LogP contribution in [0.1, 0.15) is 17.3 Å². The van der Waals surface area contributed by atoms with Gasteiger partial charge in [-0.25, -0.2) is 4.79 Å². The van der Waals surface area contributed by atoms with E-state index in [1.165, 1.54) is 32.4 Å². The Balaban J connectivity index is 3.01. The smallest absolute Gasteiger partial charge is 0.335 e. The van der Waals surface area contributed by atoms with Gasteiger partial charge in [-0.05, 0) is 25.1 Å². The molecule has 0 heterocycles. The number of carboxylic acid groups (broad SMARTS) is 1. The van der Waals surface area contributed by atoms with Crippen LogP contribution in [0.5, 0.6) is 11.5 Å². The second-order valence-electron chi connectivity index (χ2n) is 3.55. The van der Waals surface area contributed by atoms with Crippen LogP contribution in [0.2, 0.25) is 0 Å². The standard InChI is InChI=1S/C12H15NO5/c1-7(11(14)13-2)18-10-6-8(12(15)16)4-5-9(10)17-3/h4-7H,1-3H3,(H,13,14)(H,15,16). The number of carbonyl (C=O) groups excluding carboxylic acids is 1. The monoisotopic (exact) mass is 253 g/mol. The van der Waals surface area contributed by atoms with Crippen molar-refractivity contribution in [3.05, 3.63) is 23.8 Å². The molecule has 1 rings (SSSR count). The third-order valence-electron chi connectivity index (χ3n) is 2.33. The SMILES string of the molecule is CNC(=O)C(C)Oc1cc(C(=O)O)ccc1OC. The number of aromatic carboxylic acids is 1. The Hall–Kier alpha value is -2.24. The average molecular weight is 253 g/mol. The number of carboxylic acids is 1. The molecule has 1 amide bonds. The summed E-state index contributed by atoms with van der Waals surface area (Å²) in [6.07, 6.45) is -0.743. The molecule has 0 fully saturated rings. The van der Waals surface area contributed by atoms with Crippen LogP contribution in [0, 0.1) is 0 Å². The van der Waals surface area contributed by atoms with Crippen molar-refractivity contribution in [1.29, 1.82) is 0 Å². The van der Waals surface area contributed by atoms with Gasteiger partial charge in [-0.1, -0.05) is 0 Å². The topological polar surface area (TPSA) is 84.9 Å². The minimum absolute atomic E-state index is 0.0647. The molecule has 0 aliphatic rings. The number of nitrogens with one attached hydrogen (secondary N) is 1. The minimum atomic E-state index is -1.07. The number of carbonyl (C=O) groups is 2. The maximum atomic E-state index is 11.3. The number of ether oxygens (including phenoxy) is 2. The molecule has 0 aromatic heterocycles. The van der Waals surface area contributed by atoms with E-state index in [4.69, 9.17) is 14.6 Å². The molecule has 0 bridgehead atoms. The largest absolute Gasteiger partial charge is 0.493 e. The van der Waals surface area contributed by atoms with Crippen LogP contribution in [0.25, 0.3) is 0 Å². The highest BCUT2D eigenvalue weighted by molar-refractivity contribution is 5.88. The lowest BCUT2D eigenvalue weighted by atomic mass is 10.2. The molecule has 6 heteroatoms. The number of amides is 1. The molecule has 1 aromatic rings. The molecule has 1 atom stereocenters. The molecule has 1 unspecified atom stereocenters. The Kier molecular flexibility index (Phi) is 4.53. The molecule has 0 aliphatic carbocycles. The lowest BCUT2D eigenvalue weighted by Crippen LogP contribution is -2.33. The maximum absolute atomic E-state index is 11.3. The number of hydrogen-bond donors (Lipinski definition) is 2. The van der Waals surface area contributed by atoms with E-state index < -0.39 is 12.1 Å². The van der Waals surface area contributed by atoms with E-state index in [-0.39, 0.29) is 17.2 Å². The van der Waals surface area contributed by atoms with E-state index in [2.05, 4.69) is 5.32 Å². The van der Waals surface area contributed by atoms with Gasteiger partial charge < -0.3 is 19.9 Å². The predicted octanol–water partition coefficient (Wildman–Crippen LogP) is 0.907. The van der Waals surface area contributed by atoms with Gasteiger partial charge in [0.05, 0.1) is 12.7 Å². The van der Waals surface area contributed by atoms with Gasteiger partial charge in [-0.2, -0.15) is 0 Å². The zero-order valence-corrected chi connectivity index (χ0v) is 10.4. The zero-order valence-electron chi connectivity index (χ0n) is 10.4. The average Bonchev–Trinajstić information content (AvgIpc) is 2.37. The van der Waals surface area contributed by atoms with Crippen molar-refractivity contribution in [1.82, 2.24) is 5.32 Å². The molecule has 0 radical (unpaired) electrons. The van der Waals surface area contributed by atoms with Crippen LogP contribution < -0.4 is 14.8 Å². The molecule has 2 N–H and O–H groups in total. The summed E-state index contributed by atoms with van der Waals surface area (Å²) in [5, 5.41) is 11.3. The minimum Gasteiger partial charge on any atom is -0.493 e. The van der Waals surface area contributed by atoms with Crippen LogP contribution in [0.15, 0.2) is 18.2 Å². The summed E-state index contributed by atoms with van der Waals surface area (Å²) in [6, 6.07) is 4.20. The third-order valence-corrected chi connectivity index (χ3v) is 2.33. The van der Waals surface area contributed by atoms with Crippen molar-refractivity contribution < 1.29 is 24.2 Å². The van der Waals surface area contributed by atoms with Gasteiger partial charge in [0.2, 0.25) is 0 Å². The molecule has 98 valence electrons. The van der Waals surface area contributed by atoms with Gasteiger partial charge in [0, 0.05) is 7.05 Å². The van der Waals surface area contributed by atoms with Gasteiger partial charge >= 0.3 is 5.97 Å². The van der Waals surface area contributed by atoms with E-state index in [9.17, 15) is 9.59 Å². The molecular formula is C12H15NO5. The maximum Gasteiger partial charge on any atom is 0.335 e. The number of rotatable bonds is 5. The quantitative estimate of drug-likeness (QED) is 0.814. The number of hydrogen-bond acceptors (Lipinski definition) is 4. The van der Waals surface area contributed by atoms with E-state index >= 15 is 0 Å². The van der Waals surface area contributed by atoms with E-state index in [0.29, 0.717) is 5.75 Å². The molecule has 0 saturated heterocycles. The lowest BCUT2D eigenvalue weighted by molar-refractivity contribution is -0.126. The zero-order chi connectivity index (χ0) is 13.7. The highest BCUT2D eigenvalue weighted by Gasteiger charge is 2.17. The summed E-state index contributed by atoms with van der Waals surface area (Å²) in [6.45, 7) is 1.56. The summed E-state index contributed by atoms with van der Waals surface area (Å²) in [7, 11) is 2.93. The fourth-order valence-electron chi connectivity index (χ4n) is 1.35. The second-order valence-corrected chi connectivity index (χ2v) is 3.55. The molecule has 18 heavy (non-hydrogen) atoms. The van der Waals surface area contributed by atoms with Gasteiger partial charge in [0.15, 0.2) is 17.6 Å². The first-order valence-corrected chi connectivity index (χ1v) is 5.29. The Morgan fingerprint density at radius 2 is 2.00 bits per heavy atom. The summed E-state index contributed by atoms with van der Waals surface area (Å²) < 4.78 is 10.4. The predicted molar refractivity (Wildman–Crippen MR) is 64.1 cm³/mol. The van der Waals surface area contributed by atoms with E-state index in [1.807, 2.05) is 0 Å². The van der Waals surface area contributed by atoms with Crippen molar-refractivity contribution in [3.8, 4) is 11.5 Å². The Morgan fingerprint density at radius 3 is 2.50 bits per heavy atom. The van der Waals surface area contributed by atoms with Crippen molar-refractivity contribution >= 4 is 11.9 Å². The molecular weight excluding hydrogens is 238 g/mol. The second kappa shape index (κ2) is 5.90. The van der Waals surface area contributed by atoms with Gasteiger partial charge in [0.25, 0.3) is 5.91 Å². The van der Waals surface area contributed by atoms with Crippen molar-refractivity contribution in [2.45, 2.75) is 13.0 Å². The number of benzene rings is 1. The first-order chi connectivity index (χ1) is 8.49. The van der Waals surface area contributed by atoms with Crippen LogP contribution in [0.3, 0.4) is 0 Å². The Bertz CT molecular complexity index is 458. The van der Waals surface area contributed by atoms with Crippen molar-refractivity contribution in [2.75, 3.05) is 14.2 Å². The van der Waals surface area contributed by atoms with Crippen molar-refractivity contribution in [2.24, 2.45) is 0 Å². The van der Waals surface area contributed by atoms with Gasteiger partial charge in [-0.15, -0.1) is 0 Å². The Morgan fingerprint density at radius 1 is 1.33 bits per heavy atom. The molecule has 6 nitrogen and oxygen atoms in total. The molecule has 0 aliphatic heterocycles. The fraction of sp³-hybridized carbons (Fsp3) is 0.333. The molecule has 0 spiro atoms. The van der Waals surface area contributed by atoms with E-state index in [0.717, 1.165) is 0 Å². The lowest BCUT2D eigenvalue weighted by Gasteiger charge is -2.16. The Labute approximate surface area is 105 Å². The van der Waals surface area contributed by atoms with Gasteiger partial charge in [-0.3, -0.25) is 4.79 Å². The van der Waals surface area contributed by atoms with Gasteiger partial charge in [0.1, 0.15) is 0 Å². The highest BCUT2D eigenvalue weighted by atomic mass is 16.5. The fourth-order valence-corrected chi connectivity index (χ4v) is 1.35. The summed E-state index contributed by atoms with van der Waals surface area (Å²) in [5.74, 6) is -0.794. The van der Waals surface area contributed by atoms with Crippen molar-refractivity contribution in [3.63, 3.8) is 0 Å². The summed E-state index contributed by atoms with van der Waals surface area (Å²) in [5.41, 5.74) is 0.0647. The van der Waals surface area contributed by atoms with Crippen LogP contribution in [-0.4, -0.2) is 37.2 Å². The summed E-state index contributed by atoms with van der Waals surface area (Å²) in [4.78, 5) is 22.2.